The summed E-state index contributed by atoms with van der Waals surface area (Å²) in [6, 6.07) is 1.88. The molecule has 0 aliphatic rings. The van der Waals surface area contributed by atoms with Gasteiger partial charge in [0.25, 0.3) is 0 Å². The number of amides is 1. The number of nitrogens with one attached hydrogen (secondary N) is 1. The molecule has 0 saturated heterocycles. The Morgan fingerprint density at radius 2 is 2.25 bits per heavy atom. The highest BCUT2D eigenvalue weighted by Gasteiger charge is 2.03. The second-order valence-electron chi connectivity index (χ2n) is 3.36. The lowest BCUT2D eigenvalue weighted by Gasteiger charge is -2.10. The van der Waals surface area contributed by atoms with E-state index in [1.807, 2.05) is 6.07 Å². The third-order valence-electron chi connectivity index (χ3n) is 1.91. The van der Waals surface area contributed by atoms with Crippen LogP contribution in [0.2, 0.25) is 0 Å². The summed E-state index contributed by atoms with van der Waals surface area (Å²) in [4.78, 5) is 20.6. The molecule has 0 atom stereocenters. The standard InChI is InChI=1S/C10H13N5O/c1-15(2)10(16)3-4-12-9-7-13-8(5-11)6-14-9/h6-7H,3-4H2,1-2H3,(H,12,14). The molecule has 0 bridgehead atoms. The lowest BCUT2D eigenvalue weighted by molar-refractivity contribution is -0.128. The third kappa shape index (κ3) is 3.53. The monoisotopic (exact) mass is 219 g/mol. The number of carbonyl (C=O) groups is 1. The molecule has 0 aromatic carbocycles. The van der Waals surface area contributed by atoms with Crippen molar-refractivity contribution < 1.29 is 4.79 Å². The summed E-state index contributed by atoms with van der Waals surface area (Å²) in [5.74, 6) is 0.611. The molecule has 1 amide bonds. The molecule has 0 radical (unpaired) electrons. The molecule has 0 spiro atoms. The molecule has 0 saturated carbocycles. The zero-order valence-corrected chi connectivity index (χ0v) is 9.27. The molecule has 1 heterocycles. The molecule has 1 aromatic heterocycles. The molecular formula is C10H13N5O. The molecule has 0 aliphatic carbocycles. The van der Waals surface area contributed by atoms with Gasteiger partial charge in [-0.2, -0.15) is 5.26 Å². The number of anilines is 1. The van der Waals surface area contributed by atoms with Crippen molar-refractivity contribution in [3.63, 3.8) is 0 Å². The van der Waals surface area contributed by atoms with E-state index in [1.54, 1.807) is 14.1 Å². The van der Waals surface area contributed by atoms with Crippen molar-refractivity contribution in [3.8, 4) is 6.07 Å². The van der Waals surface area contributed by atoms with Gasteiger partial charge in [-0.25, -0.2) is 9.97 Å². The summed E-state index contributed by atoms with van der Waals surface area (Å²) in [5.41, 5.74) is 0.273. The number of hydrogen-bond donors (Lipinski definition) is 1. The summed E-state index contributed by atoms with van der Waals surface area (Å²) in [6.07, 6.45) is 3.25. The van der Waals surface area contributed by atoms with Gasteiger partial charge in [-0.05, 0) is 0 Å². The summed E-state index contributed by atoms with van der Waals surface area (Å²) >= 11 is 0. The van der Waals surface area contributed by atoms with E-state index in [2.05, 4.69) is 15.3 Å². The minimum atomic E-state index is 0.0501. The third-order valence-corrected chi connectivity index (χ3v) is 1.91. The van der Waals surface area contributed by atoms with E-state index >= 15 is 0 Å². The quantitative estimate of drug-likeness (QED) is 0.784. The first-order chi connectivity index (χ1) is 7.63. The Labute approximate surface area is 93.9 Å². The van der Waals surface area contributed by atoms with Crippen molar-refractivity contribution in [2.75, 3.05) is 26.0 Å². The molecular weight excluding hydrogens is 206 g/mol. The molecule has 1 N–H and O–H groups in total. The van der Waals surface area contributed by atoms with Crippen LogP contribution < -0.4 is 5.32 Å². The first-order valence-corrected chi connectivity index (χ1v) is 4.79. The maximum atomic E-state index is 11.2. The lowest BCUT2D eigenvalue weighted by Crippen LogP contribution is -2.24. The highest BCUT2D eigenvalue weighted by molar-refractivity contribution is 5.76. The fraction of sp³-hybridized carbons (Fsp3) is 0.400. The predicted molar refractivity (Wildman–Crippen MR) is 58.5 cm³/mol. The summed E-state index contributed by atoms with van der Waals surface area (Å²) in [6.45, 7) is 0.498. The van der Waals surface area contributed by atoms with E-state index < -0.39 is 0 Å². The van der Waals surface area contributed by atoms with Gasteiger partial charge >= 0.3 is 0 Å². The minimum absolute atomic E-state index is 0.0501. The lowest BCUT2D eigenvalue weighted by atomic mass is 10.4. The predicted octanol–water partition coefficient (Wildman–Crippen LogP) is 0.238. The van der Waals surface area contributed by atoms with E-state index in [4.69, 9.17) is 5.26 Å². The Hall–Kier alpha value is -2.16. The first-order valence-electron chi connectivity index (χ1n) is 4.79. The average Bonchev–Trinajstić information content (AvgIpc) is 2.29. The van der Waals surface area contributed by atoms with Crippen molar-refractivity contribution in [3.05, 3.63) is 18.1 Å². The normalized spacial score (nSPS) is 9.31. The molecule has 1 rings (SSSR count). The fourth-order valence-corrected chi connectivity index (χ4v) is 0.998. The van der Waals surface area contributed by atoms with Gasteiger partial charge in [0.2, 0.25) is 5.91 Å². The number of aromatic nitrogens is 2. The molecule has 84 valence electrons. The second kappa shape index (κ2) is 5.66. The Kier molecular flexibility index (Phi) is 4.21. The van der Waals surface area contributed by atoms with Crippen LogP contribution in [0.1, 0.15) is 12.1 Å². The van der Waals surface area contributed by atoms with Gasteiger partial charge in [-0.3, -0.25) is 4.79 Å². The second-order valence-corrected chi connectivity index (χ2v) is 3.36. The molecule has 6 heteroatoms. The fourth-order valence-electron chi connectivity index (χ4n) is 0.998. The minimum Gasteiger partial charge on any atom is -0.368 e. The number of carbonyl (C=O) groups excluding carboxylic acids is 1. The molecule has 0 aliphatic heterocycles. The average molecular weight is 219 g/mol. The van der Waals surface area contributed by atoms with Gasteiger partial charge < -0.3 is 10.2 Å². The largest absolute Gasteiger partial charge is 0.368 e. The Bertz CT molecular complexity index is 393. The van der Waals surface area contributed by atoms with Crippen molar-refractivity contribution >= 4 is 11.7 Å². The van der Waals surface area contributed by atoms with Crippen LogP contribution in [0.25, 0.3) is 0 Å². The Balaban J connectivity index is 2.38. The van der Waals surface area contributed by atoms with Gasteiger partial charge in [0, 0.05) is 27.1 Å². The highest BCUT2D eigenvalue weighted by Crippen LogP contribution is 2.00. The topological polar surface area (TPSA) is 81.9 Å². The van der Waals surface area contributed by atoms with E-state index in [0.29, 0.717) is 18.8 Å². The SMILES string of the molecule is CN(C)C(=O)CCNc1cnc(C#N)cn1. The van der Waals surface area contributed by atoms with E-state index in [9.17, 15) is 4.79 Å². The summed E-state index contributed by atoms with van der Waals surface area (Å²) in [7, 11) is 3.42. The van der Waals surface area contributed by atoms with Crippen LogP contribution >= 0.6 is 0 Å². The molecule has 16 heavy (non-hydrogen) atoms. The van der Waals surface area contributed by atoms with E-state index in [0.717, 1.165) is 0 Å². The first kappa shape index (κ1) is 11.9. The molecule has 6 nitrogen and oxygen atoms in total. The van der Waals surface area contributed by atoms with Gasteiger partial charge in [0.1, 0.15) is 11.9 Å². The number of rotatable bonds is 4. The van der Waals surface area contributed by atoms with Gasteiger partial charge in [-0.15, -0.1) is 0 Å². The Morgan fingerprint density at radius 3 is 2.75 bits per heavy atom. The molecule has 0 fully saturated rings. The smallest absolute Gasteiger partial charge is 0.223 e. The molecule has 0 unspecified atom stereocenters. The highest BCUT2D eigenvalue weighted by atomic mass is 16.2. The van der Waals surface area contributed by atoms with Crippen LogP contribution in [0.5, 0.6) is 0 Å². The maximum absolute atomic E-state index is 11.2. The molecule has 1 aromatic rings. The van der Waals surface area contributed by atoms with Crippen LogP contribution in [0.3, 0.4) is 0 Å². The van der Waals surface area contributed by atoms with Crippen LogP contribution in [-0.2, 0) is 4.79 Å². The zero-order chi connectivity index (χ0) is 12.0. The number of hydrogen-bond acceptors (Lipinski definition) is 5. The summed E-state index contributed by atoms with van der Waals surface area (Å²) in [5, 5.41) is 11.5. The van der Waals surface area contributed by atoms with Crippen molar-refractivity contribution in [2.24, 2.45) is 0 Å². The number of nitrogens with zero attached hydrogens (tertiary/aromatic N) is 4. The van der Waals surface area contributed by atoms with Crippen molar-refractivity contribution in [1.82, 2.24) is 14.9 Å². The van der Waals surface area contributed by atoms with E-state index in [-0.39, 0.29) is 11.6 Å². The summed E-state index contributed by atoms with van der Waals surface area (Å²) < 4.78 is 0. The van der Waals surface area contributed by atoms with Crippen molar-refractivity contribution in [1.29, 1.82) is 5.26 Å². The van der Waals surface area contributed by atoms with Crippen LogP contribution in [-0.4, -0.2) is 41.4 Å². The van der Waals surface area contributed by atoms with Crippen LogP contribution in [0, 0.1) is 11.3 Å². The van der Waals surface area contributed by atoms with E-state index in [1.165, 1.54) is 17.3 Å². The van der Waals surface area contributed by atoms with Gasteiger partial charge in [0.05, 0.1) is 12.4 Å². The van der Waals surface area contributed by atoms with Crippen LogP contribution in [0.4, 0.5) is 5.82 Å². The van der Waals surface area contributed by atoms with Crippen molar-refractivity contribution in [2.45, 2.75) is 6.42 Å². The maximum Gasteiger partial charge on any atom is 0.223 e. The van der Waals surface area contributed by atoms with Gasteiger partial charge in [0.15, 0.2) is 5.69 Å². The zero-order valence-electron chi connectivity index (χ0n) is 9.27. The Morgan fingerprint density at radius 1 is 1.50 bits per heavy atom. The van der Waals surface area contributed by atoms with Gasteiger partial charge in [-0.1, -0.05) is 0 Å². The number of nitriles is 1. The van der Waals surface area contributed by atoms with Crippen LogP contribution in [0.15, 0.2) is 12.4 Å².